The summed E-state index contributed by atoms with van der Waals surface area (Å²) in [5.74, 6) is 0. The summed E-state index contributed by atoms with van der Waals surface area (Å²) in [6.45, 7) is 10.7. The average Bonchev–Trinajstić information content (AvgIpc) is 1.99. The zero-order chi connectivity index (χ0) is 11.7. The molecule has 1 aromatic rings. The number of pyridine rings is 1. The molecule has 0 spiro atoms. The van der Waals surface area contributed by atoms with Gasteiger partial charge in [-0.2, -0.15) is 0 Å². The number of nitrogens with zero attached hydrogens (tertiary/aromatic N) is 1. The second-order valence-corrected chi connectivity index (χ2v) is 10.4. The fourth-order valence-corrected chi connectivity index (χ4v) is 3.52. The minimum Gasteiger partial charge on any atom is -0.407 e. The van der Waals surface area contributed by atoms with E-state index in [0.29, 0.717) is 0 Å². The van der Waals surface area contributed by atoms with E-state index < -0.39 is 8.32 Å². The Morgan fingerprint density at radius 2 is 1.93 bits per heavy atom. The lowest BCUT2D eigenvalue weighted by Crippen LogP contribution is -2.37. The van der Waals surface area contributed by atoms with Crippen LogP contribution in [0.15, 0.2) is 22.8 Å². The van der Waals surface area contributed by atoms with Gasteiger partial charge in [0.1, 0.15) is 0 Å². The van der Waals surface area contributed by atoms with E-state index in [9.17, 15) is 0 Å². The van der Waals surface area contributed by atoms with E-state index in [1.807, 2.05) is 12.1 Å². The van der Waals surface area contributed by atoms with Gasteiger partial charge in [0, 0.05) is 10.7 Å². The molecule has 0 saturated heterocycles. The average molecular weight is 288 g/mol. The normalized spacial score (nSPS) is 12.9. The standard InChI is InChI=1S/C11H18BrNOSi/c1-11(2,14-15(3,4)5)10-8-9(12)6-7-13-10/h6-8H,1-5H3. The SMILES string of the molecule is CC(C)(O[Si](C)(C)C)c1cc(Br)ccn1. The predicted octanol–water partition coefficient (Wildman–Crippen LogP) is 3.93. The lowest BCUT2D eigenvalue weighted by Gasteiger charge is -2.32. The number of hydrogen-bond donors (Lipinski definition) is 0. The highest BCUT2D eigenvalue weighted by atomic mass is 79.9. The molecule has 84 valence electrons. The van der Waals surface area contributed by atoms with E-state index in [0.717, 1.165) is 10.2 Å². The first kappa shape index (κ1) is 12.9. The third-order valence-corrected chi connectivity index (χ3v) is 3.52. The predicted molar refractivity (Wildman–Crippen MR) is 69.4 cm³/mol. The van der Waals surface area contributed by atoms with Gasteiger partial charge in [0.2, 0.25) is 0 Å². The van der Waals surface area contributed by atoms with Crippen LogP contribution in [0.5, 0.6) is 0 Å². The van der Waals surface area contributed by atoms with Gasteiger partial charge in [0.25, 0.3) is 0 Å². The van der Waals surface area contributed by atoms with Crippen LogP contribution in [-0.2, 0) is 10.0 Å². The van der Waals surface area contributed by atoms with Gasteiger partial charge < -0.3 is 4.43 Å². The third kappa shape index (κ3) is 4.05. The topological polar surface area (TPSA) is 22.1 Å². The molecular weight excluding hydrogens is 270 g/mol. The van der Waals surface area contributed by atoms with Crippen molar-refractivity contribution in [3.8, 4) is 0 Å². The van der Waals surface area contributed by atoms with Crippen molar-refractivity contribution in [3.05, 3.63) is 28.5 Å². The van der Waals surface area contributed by atoms with Gasteiger partial charge in [-0.3, -0.25) is 4.98 Å². The molecule has 0 radical (unpaired) electrons. The zero-order valence-electron chi connectivity index (χ0n) is 9.97. The maximum Gasteiger partial charge on any atom is 0.185 e. The molecule has 0 aromatic carbocycles. The van der Waals surface area contributed by atoms with Gasteiger partial charge in [-0.15, -0.1) is 0 Å². The van der Waals surface area contributed by atoms with Crippen molar-refractivity contribution < 1.29 is 4.43 Å². The summed E-state index contributed by atoms with van der Waals surface area (Å²) in [4.78, 5) is 4.36. The van der Waals surface area contributed by atoms with Gasteiger partial charge in [-0.1, -0.05) is 15.9 Å². The highest BCUT2D eigenvalue weighted by Gasteiger charge is 2.29. The summed E-state index contributed by atoms with van der Waals surface area (Å²) in [5.41, 5.74) is 0.660. The quantitative estimate of drug-likeness (QED) is 0.786. The van der Waals surface area contributed by atoms with Gasteiger partial charge >= 0.3 is 0 Å². The van der Waals surface area contributed by atoms with Crippen molar-refractivity contribution in [2.75, 3.05) is 0 Å². The van der Waals surface area contributed by atoms with Crippen LogP contribution in [0.3, 0.4) is 0 Å². The molecule has 0 fully saturated rings. The summed E-state index contributed by atoms with van der Waals surface area (Å²) in [7, 11) is -1.55. The number of rotatable bonds is 3. The Morgan fingerprint density at radius 1 is 1.33 bits per heavy atom. The lowest BCUT2D eigenvalue weighted by atomic mass is 10.1. The summed E-state index contributed by atoms with van der Waals surface area (Å²) >= 11 is 3.45. The third-order valence-electron chi connectivity index (χ3n) is 1.90. The summed E-state index contributed by atoms with van der Waals surface area (Å²) in [5, 5.41) is 0. The molecular formula is C11H18BrNOSi. The molecule has 0 unspecified atom stereocenters. The molecule has 0 aliphatic rings. The smallest absolute Gasteiger partial charge is 0.185 e. The Hall–Kier alpha value is -0.193. The van der Waals surface area contributed by atoms with Crippen LogP contribution in [-0.4, -0.2) is 13.3 Å². The Morgan fingerprint density at radius 3 is 2.40 bits per heavy atom. The summed E-state index contributed by atoms with van der Waals surface area (Å²) in [6.07, 6.45) is 1.80. The van der Waals surface area contributed by atoms with Crippen molar-refractivity contribution in [2.45, 2.75) is 39.1 Å². The largest absolute Gasteiger partial charge is 0.407 e. The van der Waals surface area contributed by atoms with Crippen LogP contribution in [0.2, 0.25) is 19.6 Å². The van der Waals surface area contributed by atoms with Crippen LogP contribution in [0, 0.1) is 0 Å². The number of aromatic nitrogens is 1. The first-order valence-electron chi connectivity index (χ1n) is 5.03. The van der Waals surface area contributed by atoms with Crippen LogP contribution >= 0.6 is 15.9 Å². The second kappa shape index (κ2) is 4.35. The minimum absolute atomic E-state index is 0.311. The molecule has 4 heteroatoms. The van der Waals surface area contributed by atoms with Crippen molar-refractivity contribution in [3.63, 3.8) is 0 Å². The van der Waals surface area contributed by atoms with Crippen molar-refractivity contribution in [1.29, 1.82) is 0 Å². The molecule has 2 nitrogen and oxygen atoms in total. The van der Waals surface area contributed by atoms with Gasteiger partial charge in [0.05, 0.1) is 11.3 Å². The van der Waals surface area contributed by atoms with Crippen LogP contribution in [0.4, 0.5) is 0 Å². The highest BCUT2D eigenvalue weighted by Crippen LogP contribution is 2.28. The Kier molecular flexibility index (Phi) is 3.74. The first-order chi connectivity index (χ1) is 6.71. The van der Waals surface area contributed by atoms with Gasteiger partial charge in [-0.25, -0.2) is 0 Å². The molecule has 1 rings (SSSR count). The number of hydrogen-bond acceptors (Lipinski definition) is 2. The molecule has 0 aliphatic heterocycles. The fourth-order valence-electron chi connectivity index (χ4n) is 1.55. The maximum absolute atomic E-state index is 6.12. The molecule has 0 atom stereocenters. The first-order valence-corrected chi connectivity index (χ1v) is 9.23. The summed E-state index contributed by atoms with van der Waals surface area (Å²) in [6, 6.07) is 3.94. The lowest BCUT2D eigenvalue weighted by molar-refractivity contribution is 0.0951. The van der Waals surface area contributed by atoms with E-state index in [4.69, 9.17) is 4.43 Å². The fraction of sp³-hybridized carbons (Fsp3) is 0.545. The Labute approximate surface area is 101 Å². The van der Waals surface area contributed by atoms with E-state index in [1.165, 1.54) is 0 Å². The molecule has 0 amide bonds. The van der Waals surface area contributed by atoms with E-state index in [-0.39, 0.29) is 5.60 Å². The molecule has 0 saturated carbocycles. The molecule has 1 aromatic heterocycles. The van der Waals surface area contributed by atoms with Gasteiger partial charge in [-0.05, 0) is 45.6 Å². The molecule has 0 bridgehead atoms. The molecule has 15 heavy (non-hydrogen) atoms. The highest BCUT2D eigenvalue weighted by molar-refractivity contribution is 9.10. The second-order valence-electron chi connectivity index (χ2n) is 5.08. The Bertz CT molecular complexity index is 347. The van der Waals surface area contributed by atoms with Crippen molar-refractivity contribution in [1.82, 2.24) is 4.98 Å². The molecule has 0 aliphatic carbocycles. The van der Waals surface area contributed by atoms with Crippen LogP contribution in [0.25, 0.3) is 0 Å². The van der Waals surface area contributed by atoms with Crippen LogP contribution < -0.4 is 0 Å². The Balaban J connectivity index is 2.95. The van der Waals surface area contributed by atoms with E-state index in [2.05, 4.69) is 54.4 Å². The molecule has 1 heterocycles. The monoisotopic (exact) mass is 287 g/mol. The van der Waals surface area contributed by atoms with Crippen molar-refractivity contribution >= 4 is 24.2 Å². The maximum atomic E-state index is 6.12. The number of halogens is 1. The van der Waals surface area contributed by atoms with Crippen molar-refractivity contribution in [2.24, 2.45) is 0 Å². The minimum atomic E-state index is -1.55. The van der Waals surface area contributed by atoms with E-state index in [1.54, 1.807) is 6.20 Å². The van der Waals surface area contributed by atoms with E-state index >= 15 is 0 Å². The zero-order valence-corrected chi connectivity index (χ0v) is 12.6. The molecule has 0 N–H and O–H groups in total. The summed E-state index contributed by atoms with van der Waals surface area (Å²) < 4.78 is 7.16. The van der Waals surface area contributed by atoms with Crippen LogP contribution in [0.1, 0.15) is 19.5 Å². The van der Waals surface area contributed by atoms with Gasteiger partial charge in [0.15, 0.2) is 8.32 Å².